The Bertz CT molecular complexity index is 489. The fourth-order valence-corrected chi connectivity index (χ4v) is 3.27. The van der Waals surface area contributed by atoms with Crippen molar-refractivity contribution in [2.75, 3.05) is 14.2 Å². The summed E-state index contributed by atoms with van der Waals surface area (Å²) < 4.78 is 38.8. The summed E-state index contributed by atoms with van der Waals surface area (Å²) in [6.45, 7) is 0. The SMILES string of the molecule is COc1ccc([Si](F)(F)c2ccc(OC)cc2)cc1. The first-order chi connectivity index (χ1) is 9.07. The molecule has 2 rings (SSSR count). The van der Waals surface area contributed by atoms with Crippen molar-refractivity contribution in [1.82, 2.24) is 0 Å². The molecule has 0 spiro atoms. The Balaban J connectivity index is 2.33. The predicted octanol–water partition coefficient (Wildman–Crippen LogP) is 2.20. The van der Waals surface area contributed by atoms with E-state index >= 15 is 0 Å². The molecule has 0 amide bonds. The number of hydrogen-bond donors (Lipinski definition) is 0. The maximum absolute atomic E-state index is 14.4. The van der Waals surface area contributed by atoms with Gasteiger partial charge in [-0.2, -0.15) is 0 Å². The van der Waals surface area contributed by atoms with Crippen molar-refractivity contribution < 1.29 is 17.7 Å². The smallest absolute Gasteiger partial charge is 0.487 e. The second-order valence-electron chi connectivity index (χ2n) is 4.03. The first-order valence-electron chi connectivity index (χ1n) is 5.75. The van der Waals surface area contributed by atoms with E-state index in [1.165, 1.54) is 38.5 Å². The van der Waals surface area contributed by atoms with Crippen molar-refractivity contribution in [3.8, 4) is 11.5 Å². The predicted molar refractivity (Wildman–Crippen MR) is 73.2 cm³/mol. The lowest BCUT2D eigenvalue weighted by molar-refractivity contribution is 0.415. The number of halogens is 2. The number of rotatable bonds is 4. The second-order valence-corrected chi connectivity index (χ2v) is 6.33. The van der Waals surface area contributed by atoms with Crippen LogP contribution in [0.2, 0.25) is 0 Å². The zero-order chi connectivity index (χ0) is 13.9. The summed E-state index contributed by atoms with van der Waals surface area (Å²) in [4.78, 5) is 0. The van der Waals surface area contributed by atoms with Gasteiger partial charge in [-0.25, -0.2) is 0 Å². The van der Waals surface area contributed by atoms with Crippen molar-refractivity contribution >= 4 is 19.1 Å². The molecule has 0 N–H and O–H groups in total. The van der Waals surface area contributed by atoms with Crippen LogP contribution in [0, 0.1) is 0 Å². The molecule has 5 heteroatoms. The minimum atomic E-state index is -4.64. The summed E-state index contributed by atoms with van der Waals surface area (Å²) in [7, 11) is -1.62. The Kier molecular flexibility index (Phi) is 3.85. The first-order valence-corrected chi connectivity index (χ1v) is 7.50. The Hall–Kier alpha value is -1.88. The second kappa shape index (κ2) is 5.40. The van der Waals surface area contributed by atoms with Crippen LogP contribution in [0.1, 0.15) is 0 Å². The van der Waals surface area contributed by atoms with Crippen LogP contribution in [-0.2, 0) is 0 Å². The molecule has 0 aliphatic carbocycles. The molecule has 2 aromatic carbocycles. The molecule has 100 valence electrons. The van der Waals surface area contributed by atoms with Gasteiger partial charge in [-0.05, 0) is 24.3 Å². The van der Waals surface area contributed by atoms with Crippen LogP contribution in [0.4, 0.5) is 8.22 Å². The third-order valence-corrected chi connectivity index (χ3v) is 5.02. The fraction of sp³-hybridized carbons (Fsp3) is 0.143. The van der Waals surface area contributed by atoms with Gasteiger partial charge in [0.1, 0.15) is 11.5 Å². The van der Waals surface area contributed by atoms with Gasteiger partial charge < -0.3 is 9.47 Å². The molecule has 0 aliphatic rings. The topological polar surface area (TPSA) is 18.5 Å². The van der Waals surface area contributed by atoms with E-state index in [0.717, 1.165) is 0 Å². The molecule has 0 aliphatic heterocycles. The third-order valence-electron chi connectivity index (χ3n) is 2.91. The Morgan fingerprint density at radius 2 is 1.00 bits per heavy atom. The highest BCUT2D eigenvalue weighted by Gasteiger charge is 2.40. The molecular formula is C14H14F2O2Si. The maximum atomic E-state index is 14.4. The van der Waals surface area contributed by atoms with E-state index in [4.69, 9.17) is 9.47 Å². The molecule has 0 unspecified atom stereocenters. The molecule has 19 heavy (non-hydrogen) atoms. The molecule has 0 aromatic heterocycles. The lowest BCUT2D eigenvalue weighted by Gasteiger charge is -2.14. The van der Waals surface area contributed by atoms with Crippen LogP contribution in [-0.4, -0.2) is 23.0 Å². The highest BCUT2D eigenvalue weighted by Crippen LogP contribution is 2.15. The average molecular weight is 280 g/mol. The molecule has 0 saturated heterocycles. The van der Waals surface area contributed by atoms with Crippen LogP contribution >= 0.6 is 0 Å². The minimum absolute atomic E-state index is 0.0680. The zero-order valence-corrected chi connectivity index (χ0v) is 11.7. The Labute approximate surface area is 112 Å². The van der Waals surface area contributed by atoms with Crippen LogP contribution in [0.15, 0.2) is 48.5 Å². The number of ether oxygens (including phenoxy) is 2. The van der Waals surface area contributed by atoms with Crippen LogP contribution in [0.25, 0.3) is 0 Å². The van der Waals surface area contributed by atoms with Gasteiger partial charge in [-0.1, -0.05) is 24.3 Å². The van der Waals surface area contributed by atoms with Crippen molar-refractivity contribution in [1.29, 1.82) is 0 Å². The Morgan fingerprint density at radius 1 is 0.684 bits per heavy atom. The van der Waals surface area contributed by atoms with E-state index in [1.54, 1.807) is 24.3 Å². The maximum Gasteiger partial charge on any atom is 0.487 e. The highest BCUT2D eigenvalue weighted by atomic mass is 28.4. The molecule has 0 radical (unpaired) electrons. The van der Waals surface area contributed by atoms with E-state index in [2.05, 4.69) is 0 Å². The molecule has 0 heterocycles. The normalized spacial score (nSPS) is 11.2. The van der Waals surface area contributed by atoms with E-state index in [-0.39, 0.29) is 10.4 Å². The van der Waals surface area contributed by atoms with Gasteiger partial charge in [0.05, 0.1) is 14.2 Å². The summed E-state index contributed by atoms with van der Waals surface area (Å²) in [5, 5.41) is 0.136. The Morgan fingerprint density at radius 3 is 1.26 bits per heavy atom. The fourth-order valence-electron chi connectivity index (χ4n) is 1.77. The van der Waals surface area contributed by atoms with Gasteiger partial charge in [0.25, 0.3) is 0 Å². The standard InChI is InChI=1S/C14H14F2O2Si/c1-17-11-3-7-13(8-4-11)19(15,16)14-9-5-12(18-2)6-10-14/h3-10H,1-2H3. The summed E-state index contributed by atoms with van der Waals surface area (Å²) in [6, 6.07) is 11.9. The summed E-state index contributed by atoms with van der Waals surface area (Å²) >= 11 is 0. The van der Waals surface area contributed by atoms with E-state index < -0.39 is 8.74 Å². The first kappa shape index (κ1) is 13.5. The molecule has 0 saturated carbocycles. The van der Waals surface area contributed by atoms with Crippen LogP contribution in [0.5, 0.6) is 11.5 Å². The van der Waals surface area contributed by atoms with Gasteiger partial charge in [0, 0.05) is 10.4 Å². The number of hydrogen-bond acceptors (Lipinski definition) is 2. The largest absolute Gasteiger partial charge is 0.497 e. The number of methoxy groups -OCH3 is 2. The van der Waals surface area contributed by atoms with Gasteiger partial charge in [-0.15, -0.1) is 0 Å². The number of benzene rings is 2. The van der Waals surface area contributed by atoms with Crippen LogP contribution in [0.3, 0.4) is 0 Å². The average Bonchev–Trinajstić information content (AvgIpc) is 2.47. The molecule has 0 atom stereocenters. The molecule has 0 fully saturated rings. The van der Waals surface area contributed by atoms with E-state index in [1.807, 2.05) is 0 Å². The minimum Gasteiger partial charge on any atom is -0.497 e. The molecule has 2 aromatic rings. The van der Waals surface area contributed by atoms with Crippen molar-refractivity contribution in [2.45, 2.75) is 0 Å². The van der Waals surface area contributed by atoms with Crippen molar-refractivity contribution in [3.63, 3.8) is 0 Å². The van der Waals surface area contributed by atoms with Gasteiger partial charge >= 0.3 is 8.74 Å². The lowest BCUT2D eigenvalue weighted by atomic mass is 10.3. The quantitative estimate of drug-likeness (QED) is 0.631. The van der Waals surface area contributed by atoms with Gasteiger partial charge in [0.15, 0.2) is 0 Å². The van der Waals surface area contributed by atoms with E-state index in [0.29, 0.717) is 11.5 Å². The van der Waals surface area contributed by atoms with Crippen LogP contribution < -0.4 is 19.8 Å². The van der Waals surface area contributed by atoms with E-state index in [9.17, 15) is 8.22 Å². The monoisotopic (exact) mass is 280 g/mol. The van der Waals surface area contributed by atoms with Gasteiger partial charge in [0.2, 0.25) is 0 Å². The summed E-state index contributed by atoms with van der Waals surface area (Å²) in [5.41, 5.74) is 0. The zero-order valence-electron chi connectivity index (χ0n) is 10.7. The highest BCUT2D eigenvalue weighted by molar-refractivity contribution is 6.91. The summed E-state index contributed by atoms with van der Waals surface area (Å²) in [6.07, 6.45) is 0. The van der Waals surface area contributed by atoms with Crippen molar-refractivity contribution in [2.24, 2.45) is 0 Å². The van der Waals surface area contributed by atoms with Gasteiger partial charge in [-0.3, -0.25) is 8.22 Å². The third kappa shape index (κ3) is 2.76. The molecule has 2 nitrogen and oxygen atoms in total. The van der Waals surface area contributed by atoms with Crippen molar-refractivity contribution in [3.05, 3.63) is 48.5 Å². The summed E-state index contributed by atoms with van der Waals surface area (Å²) in [5.74, 6) is 1.14. The molecule has 0 bridgehead atoms. The molecular weight excluding hydrogens is 266 g/mol. The lowest BCUT2D eigenvalue weighted by Crippen LogP contribution is -2.50.